The van der Waals surface area contributed by atoms with Gasteiger partial charge in [-0.1, -0.05) is 48.0 Å². The van der Waals surface area contributed by atoms with Crippen LogP contribution >= 0.6 is 0 Å². The highest BCUT2D eigenvalue weighted by Crippen LogP contribution is 2.13. The fraction of sp³-hybridized carbons (Fsp3) is 0.842. The van der Waals surface area contributed by atoms with Crippen LogP contribution in [0, 0.1) is 17.8 Å². The summed E-state index contributed by atoms with van der Waals surface area (Å²) in [6.07, 6.45) is 4.83. The highest BCUT2D eigenvalue weighted by Gasteiger charge is 2.18. The molecule has 0 radical (unpaired) electrons. The van der Waals surface area contributed by atoms with Crippen LogP contribution in [-0.4, -0.2) is 17.3 Å². The van der Waals surface area contributed by atoms with Crippen molar-refractivity contribution in [1.29, 1.82) is 0 Å². The van der Waals surface area contributed by atoms with Gasteiger partial charge in [-0.2, -0.15) is 0 Å². The summed E-state index contributed by atoms with van der Waals surface area (Å²) in [6, 6.07) is 0. The summed E-state index contributed by atoms with van der Waals surface area (Å²) in [5.41, 5.74) is 0. The standard InChI is InChI=1S/C11H20O2.C8H16O/c1-5-8(3)11(13)7-9(4)10(12)6-2;1-7(2)5-4-6-8(3)9/h8-9H,5-7H2,1-4H3;7H,4-6H2,1-3H3. The fourth-order valence-corrected chi connectivity index (χ4v) is 1.95. The SMILES string of the molecule is CC(=O)CCCC(C)C.CCC(=O)C(C)CC(=O)C(C)CC. The van der Waals surface area contributed by atoms with Gasteiger partial charge in [0.05, 0.1) is 0 Å². The predicted octanol–water partition coefficient (Wildman–Crippen LogP) is 5.01. The molecule has 0 aromatic heterocycles. The molecule has 3 heteroatoms. The van der Waals surface area contributed by atoms with Crippen LogP contribution in [-0.2, 0) is 14.4 Å². The molecule has 0 aromatic rings. The lowest BCUT2D eigenvalue weighted by Crippen LogP contribution is -2.18. The second-order valence-electron chi connectivity index (χ2n) is 6.69. The van der Waals surface area contributed by atoms with E-state index in [1.807, 2.05) is 27.7 Å². The van der Waals surface area contributed by atoms with Crippen LogP contribution in [0.15, 0.2) is 0 Å². The van der Waals surface area contributed by atoms with E-state index in [1.165, 1.54) is 6.42 Å². The topological polar surface area (TPSA) is 51.2 Å². The monoisotopic (exact) mass is 312 g/mol. The molecule has 0 saturated heterocycles. The number of hydrogen-bond acceptors (Lipinski definition) is 3. The molecule has 2 atom stereocenters. The van der Waals surface area contributed by atoms with E-state index in [0.717, 1.165) is 25.2 Å². The van der Waals surface area contributed by atoms with Crippen molar-refractivity contribution in [3.8, 4) is 0 Å². The second-order valence-corrected chi connectivity index (χ2v) is 6.69. The van der Waals surface area contributed by atoms with Crippen LogP contribution in [0.3, 0.4) is 0 Å². The summed E-state index contributed by atoms with van der Waals surface area (Å²) in [7, 11) is 0. The van der Waals surface area contributed by atoms with Crippen LogP contribution in [0.5, 0.6) is 0 Å². The van der Waals surface area contributed by atoms with Crippen LogP contribution in [0.25, 0.3) is 0 Å². The first-order valence-electron chi connectivity index (χ1n) is 8.70. The van der Waals surface area contributed by atoms with Crippen molar-refractivity contribution in [2.24, 2.45) is 17.8 Å². The molecule has 0 heterocycles. The molecular formula is C19H36O3. The smallest absolute Gasteiger partial charge is 0.136 e. The fourth-order valence-electron chi connectivity index (χ4n) is 1.95. The van der Waals surface area contributed by atoms with Crippen LogP contribution in [0.4, 0.5) is 0 Å². The van der Waals surface area contributed by atoms with Crippen molar-refractivity contribution in [1.82, 2.24) is 0 Å². The Morgan fingerprint density at radius 3 is 1.77 bits per heavy atom. The van der Waals surface area contributed by atoms with E-state index in [9.17, 15) is 14.4 Å². The van der Waals surface area contributed by atoms with Gasteiger partial charge in [-0.05, 0) is 25.7 Å². The van der Waals surface area contributed by atoms with Gasteiger partial charge in [0.25, 0.3) is 0 Å². The highest BCUT2D eigenvalue weighted by atomic mass is 16.1. The zero-order valence-electron chi connectivity index (χ0n) is 15.7. The molecule has 0 aliphatic carbocycles. The van der Waals surface area contributed by atoms with Crippen molar-refractivity contribution in [2.45, 2.75) is 87.0 Å². The Labute approximate surface area is 137 Å². The summed E-state index contributed by atoms with van der Waals surface area (Å²) in [4.78, 5) is 33.1. The first-order valence-corrected chi connectivity index (χ1v) is 8.70. The van der Waals surface area contributed by atoms with E-state index in [1.54, 1.807) is 6.92 Å². The molecule has 130 valence electrons. The van der Waals surface area contributed by atoms with Gasteiger partial charge in [0.1, 0.15) is 17.3 Å². The molecule has 0 fully saturated rings. The first-order chi connectivity index (χ1) is 10.1. The van der Waals surface area contributed by atoms with E-state index in [4.69, 9.17) is 0 Å². The average molecular weight is 312 g/mol. The van der Waals surface area contributed by atoms with Gasteiger partial charge >= 0.3 is 0 Å². The Morgan fingerprint density at radius 2 is 1.41 bits per heavy atom. The van der Waals surface area contributed by atoms with Crippen molar-refractivity contribution >= 4 is 17.3 Å². The lowest BCUT2D eigenvalue weighted by atomic mass is 9.92. The molecule has 0 rings (SSSR count). The molecule has 22 heavy (non-hydrogen) atoms. The van der Waals surface area contributed by atoms with Crippen molar-refractivity contribution in [3.63, 3.8) is 0 Å². The number of Topliss-reactive ketones (excluding diaryl/α,β-unsaturated/α-hetero) is 3. The number of rotatable bonds is 10. The first kappa shape index (κ1) is 23.3. The lowest BCUT2D eigenvalue weighted by molar-refractivity contribution is -0.129. The van der Waals surface area contributed by atoms with Crippen LogP contribution < -0.4 is 0 Å². The number of ketones is 3. The van der Waals surface area contributed by atoms with Gasteiger partial charge in [0.2, 0.25) is 0 Å². The van der Waals surface area contributed by atoms with E-state index in [-0.39, 0.29) is 23.4 Å². The maximum Gasteiger partial charge on any atom is 0.136 e. The zero-order valence-corrected chi connectivity index (χ0v) is 15.7. The lowest BCUT2D eigenvalue weighted by Gasteiger charge is -2.11. The minimum Gasteiger partial charge on any atom is -0.300 e. The van der Waals surface area contributed by atoms with Crippen LogP contribution in [0.1, 0.15) is 87.0 Å². The largest absolute Gasteiger partial charge is 0.300 e. The molecular weight excluding hydrogens is 276 g/mol. The molecule has 3 nitrogen and oxygen atoms in total. The predicted molar refractivity (Wildman–Crippen MR) is 92.9 cm³/mol. The molecule has 0 aliphatic heterocycles. The molecule has 0 amide bonds. The van der Waals surface area contributed by atoms with Crippen molar-refractivity contribution < 1.29 is 14.4 Å². The Balaban J connectivity index is 0. The molecule has 2 unspecified atom stereocenters. The van der Waals surface area contributed by atoms with Crippen molar-refractivity contribution in [3.05, 3.63) is 0 Å². The third kappa shape index (κ3) is 14.0. The minimum atomic E-state index is -0.0912. The average Bonchev–Trinajstić information content (AvgIpc) is 2.45. The van der Waals surface area contributed by atoms with E-state index in [0.29, 0.717) is 18.6 Å². The summed E-state index contributed by atoms with van der Waals surface area (Å²) >= 11 is 0. The van der Waals surface area contributed by atoms with Gasteiger partial charge < -0.3 is 4.79 Å². The minimum absolute atomic E-state index is 0.0912. The molecule has 0 N–H and O–H groups in total. The molecule has 0 aromatic carbocycles. The van der Waals surface area contributed by atoms with Gasteiger partial charge in [0, 0.05) is 31.1 Å². The van der Waals surface area contributed by atoms with Gasteiger partial charge in [0.15, 0.2) is 0 Å². The second kappa shape index (κ2) is 13.7. The van der Waals surface area contributed by atoms with Crippen molar-refractivity contribution in [2.75, 3.05) is 0 Å². The van der Waals surface area contributed by atoms with E-state index >= 15 is 0 Å². The summed E-state index contributed by atoms with van der Waals surface area (Å²) in [5.74, 6) is 1.48. The molecule has 0 aliphatic rings. The van der Waals surface area contributed by atoms with Gasteiger partial charge in [-0.25, -0.2) is 0 Å². The Kier molecular flexibility index (Phi) is 14.5. The van der Waals surface area contributed by atoms with Crippen LogP contribution in [0.2, 0.25) is 0 Å². The molecule has 0 bridgehead atoms. The maximum absolute atomic E-state index is 11.5. The quantitative estimate of drug-likeness (QED) is 0.570. The Morgan fingerprint density at radius 1 is 0.864 bits per heavy atom. The number of carbonyl (C=O) groups is 3. The normalized spacial score (nSPS) is 13.1. The number of hydrogen-bond donors (Lipinski definition) is 0. The summed E-state index contributed by atoms with van der Waals surface area (Å²) < 4.78 is 0. The third-order valence-corrected chi connectivity index (χ3v) is 3.88. The van der Waals surface area contributed by atoms with Gasteiger partial charge in [-0.3, -0.25) is 9.59 Å². The Hall–Kier alpha value is -0.990. The maximum atomic E-state index is 11.5. The number of carbonyl (C=O) groups excluding carboxylic acids is 3. The summed E-state index contributed by atoms with van der Waals surface area (Å²) in [5, 5.41) is 0. The van der Waals surface area contributed by atoms with E-state index in [2.05, 4.69) is 13.8 Å². The highest BCUT2D eigenvalue weighted by molar-refractivity contribution is 5.88. The van der Waals surface area contributed by atoms with E-state index < -0.39 is 0 Å². The summed E-state index contributed by atoms with van der Waals surface area (Å²) in [6.45, 7) is 13.6. The zero-order chi connectivity index (χ0) is 17.7. The third-order valence-electron chi connectivity index (χ3n) is 3.88. The Bertz CT molecular complexity index is 332. The molecule has 0 spiro atoms. The van der Waals surface area contributed by atoms with Gasteiger partial charge in [-0.15, -0.1) is 0 Å². The molecule has 0 saturated carbocycles.